The van der Waals surface area contributed by atoms with E-state index in [-0.39, 0.29) is 57.0 Å². The van der Waals surface area contributed by atoms with E-state index in [0.29, 0.717) is 24.5 Å². The lowest BCUT2D eigenvalue weighted by molar-refractivity contribution is -0.156. The van der Waals surface area contributed by atoms with Crippen molar-refractivity contribution in [2.75, 3.05) is 35.8 Å². The van der Waals surface area contributed by atoms with E-state index in [1.54, 1.807) is 23.5 Å². The number of nitrogens with two attached hydrogens (primary N) is 1. The van der Waals surface area contributed by atoms with Gasteiger partial charge in [0.2, 0.25) is 0 Å². The fraction of sp³-hybridized carbons (Fsp3) is 0.485. The molecule has 0 spiro atoms. The fourth-order valence-corrected chi connectivity index (χ4v) is 17.5. The van der Waals surface area contributed by atoms with Crippen LogP contribution in [-0.4, -0.2) is 92.5 Å². The first-order valence-electron chi connectivity index (χ1n) is 28.8. The van der Waals surface area contributed by atoms with Gasteiger partial charge in [-0.15, -0.1) is 47.0 Å². The van der Waals surface area contributed by atoms with Gasteiger partial charge >= 0.3 is 11.9 Å². The average Bonchev–Trinajstić information content (AvgIpc) is 3.97. The first kappa shape index (κ1) is 67.2. The topological polar surface area (TPSA) is 115 Å². The first-order chi connectivity index (χ1) is 39.1. The van der Waals surface area contributed by atoms with E-state index in [9.17, 15) is 4.79 Å². The van der Waals surface area contributed by atoms with E-state index < -0.39 is 21.9 Å². The van der Waals surface area contributed by atoms with Crippen LogP contribution in [0.2, 0.25) is 0 Å². The summed E-state index contributed by atoms with van der Waals surface area (Å²) < 4.78 is 12.1. The maximum Gasteiger partial charge on any atom is 0.323 e. The summed E-state index contributed by atoms with van der Waals surface area (Å²) >= 11 is 19.3. The molecule has 2 aliphatic rings. The van der Waals surface area contributed by atoms with E-state index in [1.807, 2.05) is 86.4 Å². The van der Waals surface area contributed by atoms with Crippen molar-refractivity contribution in [3.05, 3.63) is 185 Å². The van der Waals surface area contributed by atoms with Crippen molar-refractivity contribution in [2.24, 2.45) is 5.73 Å². The predicted octanol–water partition coefficient (Wildman–Crippen LogP) is 15.7. The SMILES string of the molecule is CC/C=C(/C[C@H](N[C@H](SC(CS)c1ccccc1)[C@H](CCSC)N[C@@H](SCC(S)c1ccccc1)[C@H](CC(=O)OC(C)(C)C)N[C@]1(CN)SCC(c2ccccc2)S1)C(=O)OC1CCCCC1)c1ccccc1C.Cc1ccccc1. The molecule has 5 aromatic carbocycles. The third kappa shape index (κ3) is 22.8. The number of hydrogen-bond donors (Lipinski definition) is 6. The van der Waals surface area contributed by atoms with E-state index in [0.717, 1.165) is 73.2 Å². The molecule has 81 heavy (non-hydrogen) atoms. The van der Waals surface area contributed by atoms with E-state index in [4.69, 9.17) is 40.5 Å². The summed E-state index contributed by atoms with van der Waals surface area (Å²) in [5.74, 6) is 2.46. The van der Waals surface area contributed by atoms with Crippen molar-refractivity contribution >= 4 is 102 Å². The molecule has 1 saturated carbocycles. The molecule has 8 nitrogen and oxygen atoms in total. The van der Waals surface area contributed by atoms with Crippen LogP contribution in [0.3, 0.4) is 0 Å². The number of nitrogens with one attached hydrogen (secondary N) is 3. The molecule has 0 aromatic heterocycles. The van der Waals surface area contributed by atoms with Gasteiger partial charge in [-0.3, -0.25) is 25.5 Å². The first-order valence-corrected chi connectivity index (χ1v) is 35.2. The van der Waals surface area contributed by atoms with Crippen molar-refractivity contribution in [1.82, 2.24) is 16.0 Å². The van der Waals surface area contributed by atoms with Gasteiger partial charge in [-0.05, 0) is 125 Å². The summed E-state index contributed by atoms with van der Waals surface area (Å²) in [4.78, 5) is 29.4. The van der Waals surface area contributed by atoms with Crippen LogP contribution in [0.1, 0.15) is 135 Å². The Morgan fingerprint density at radius 2 is 1.42 bits per heavy atom. The number of carbonyl (C=O) groups is 2. The van der Waals surface area contributed by atoms with Crippen LogP contribution in [0.25, 0.3) is 5.57 Å². The molecule has 2 fully saturated rings. The number of carbonyl (C=O) groups excluding carboxylic acids is 2. The number of thiol groups is 2. The van der Waals surface area contributed by atoms with Crippen LogP contribution >= 0.6 is 84.1 Å². The van der Waals surface area contributed by atoms with Crippen molar-refractivity contribution in [3.8, 4) is 0 Å². The monoisotopic (exact) mass is 1230 g/mol. The van der Waals surface area contributed by atoms with Crippen molar-refractivity contribution in [3.63, 3.8) is 0 Å². The van der Waals surface area contributed by atoms with Gasteiger partial charge in [-0.1, -0.05) is 171 Å². The Morgan fingerprint density at radius 3 is 2.00 bits per heavy atom. The molecule has 1 aliphatic carbocycles. The van der Waals surface area contributed by atoms with Gasteiger partial charge in [0, 0.05) is 51.6 Å². The summed E-state index contributed by atoms with van der Waals surface area (Å²) in [5, 5.41) is 11.8. The smallest absolute Gasteiger partial charge is 0.323 e. The molecule has 7 rings (SSSR count). The standard InChI is InChI=1S/C59H82N4O4S7.C7H8/c1-7-22-45(47-32-21-20-23-41(47)2)35-50(57(65)66-46-30-18-11-19-31-46)62-56(73-52(37-68)43-26-14-9-15-27-43)48(33-34-70-6)61-55(71-38-51(69)42-24-12-8-13-25-42)49(36-54(64)67-58(3,4)5)63-59(40-60)72-39-53(74-59)44-28-16-10-17-29-44;1-7-5-3-2-4-6-7/h8-10,12-17,20-29,32,46,48-53,55-56,61-63,68-69H,7,11,18-19,30-31,33-40,60H2,1-6H3;2-6H,1H3/b45-22-;/t48-,49-,50-,51?,52?,53?,55-,56+,59+;/m0./s1. The molecule has 0 radical (unpaired) electrons. The van der Waals surface area contributed by atoms with Gasteiger partial charge in [0.1, 0.15) is 21.9 Å². The third-order valence-electron chi connectivity index (χ3n) is 14.3. The second kappa shape index (κ2) is 35.5. The van der Waals surface area contributed by atoms with Crippen molar-refractivity contribution in [2.45, 2.75) is 160 Å². The molecular formula is C66H90N4O4S7. The summed E-state index contributed by atoms with van der Waals surface area (Å²) in [6.45, 7) is 12.5. The minimum atomic E-state index is -0.682. The van der Waals surface area contributed by atoms with Crippen molar-refractivity contribution in [1.29, 1.82) is 0 Å². The second-order valence-electron chi connectivity index (χ2n) is 21.9. The van der Waals surface area contributed by atoms with Crippen LogP contribution in [0.5, 0.6) is 0 Å². The van der Waals surface area contributed by atoms with Gasteiger partial charge in [0.15, 0.2) is 0 Å². The van der Waals surface area contributed by atoms with Gasteiger partial charge in [0.25, 0.3) is 0 Å². The third-order valence-corrected chi connectivity index (χ3v) is 22.6. The van der Waals surface area contributed by atoms with E-state index >= 15 is 4.79 Å². The number of ether oxygens (including phenoxy) is 2. The zero-order chi connectivity index (χ0) is 58.0. The Hall–Kier alpha value is -2.93. The highest BCUT2D eigenvalue weighted by Crippen LogP contribution is 2.53. The zero-order valence-electron chi connectivity index (χ0n) is 48.7. The molecule has 0 amide bonds. The molecule has 5 N–H and O–H groups in total. The van der Waals surface area contributed by atoms with Crippen LogP contribution in [0.15, 0.2) is 152 Å². The highest BCUT2D eigenvalue weighted by molar-refractivity contribution is 8.21. The number of aryl methyl sites for hydroxylation is 2. The maximum atomic E-state index is 15.1. The molecule has 9 atom stereocenters. The molecule has 3 unspecified atom stereocenters. The van der Waals surface area contributed by atoms with Crippen molar-refractivity contribution < 1.29 is 19.1 Å². The molecule has 1 aliphatic heterocycles. The van der Waals surface area contributed by atoms with Crippen LogP contribution in [-0.2, 0) is 19.1 Å². The number of hydrogen-bond acceptors (Lipinski definition) is 15. The summed E-state index contributed by atoms with van der Waals surface area (Å²) in [7, 11) is 0. The minimum Gasteiger partial charge on any atom is -0.461 e. The number of thioether (sulfide) groups is 5. The van der Waals surface area contributed by atoms with Crippen LogP contribution in [0, 0.1) is 13.8 Å². The molecule has 1 heterocycles. The van der Waals surface area contributed by atoms with Gasteiger partial charge in [-0.2, -0.15) is 37.0 Å². The molecule has 15 heteroatoms. The van der Waals surface area contributed by atoms with Gasteiger partial charge < -0.3 is 15.2 Å². The predicted molar refractivity (Wildman–Crippen MR) is 362 cm³/mol. The lowest BCUT2D eigenvalue weighted by Gasteiger charge is -2.41. The Bertz CT molecular complexity index is 2610. The minimum absolute atomic E-state index is 0.0175. The normalized spacial score (nSPS) is 19.5. The maximum absolute atomic E-state index is 15.1. The zero-order valence-corrected chi connectivity index (χ0v) is 54.5. The number of esters is 2. The molecule has 440 valence electrons. The number of allylic oxidation sites excluding steroid dienone is 1. The highest BCUT2D eigenvalue weighted by atomic mass is 32.2. The largest absolute Gasteiger partial charge is 0.461 e. The van der Waals surface area contributed by atoms with Gasteiger partial charge in [-0.25, -0.2) is 0 Å². The second-order valence-corrected chi connectivity index (χ2v) is 29.5. The Labute approximate surface area is 519 Å². The molecule has 0 bridgehead atoms. The van der Waals surface area contributed by atoms with E-state index in [1.165, 1.54) is 22.3 Å². The Balaban J connectivity index is 0.00000140. The lowest BCUT2D eigenvalue weighted by atomic mass is 9.93. The number of benzene rings is 5. The van der Waals surface area contributed by atoms with Crippen LogP contribution < -0.4 is 21.7 Å². The van der Waals surface area contributed by atoms with E-state index in [2.05, 4.69) is 164 Å². The molecule has 5 aromatic rings. The summed E-state index contributed by atoms with van der Waals surface area (Å²) in [6.07, 6.45) is 11.5. The average molecular weight is 1230 g/mol. The number of rotatable bonds is 29. The fourth-order valence-electron chi connectivity index (χ4n) is 10.1. The summed E-state index contributed by atoms with van der Waals surface area (Å²) in [6, 6.07) is 49.0. The lowest BCUT2D eigenvalue weighted by Crippen LogP contribution is -2.61. The molecular weight excluding hydrogens is 1140 g/mol. The van der Waals surface area contributed by atoms with Gasteiger partial charge in [0.05, 0.1) is 17.2 Å². The van der Waals surface area contributed by atoms with Crippen LogP contribution in [0.4, 0.5) is 0 Å². The quantitative estimate of drug-likeness (QED) is 0.0155. The Kier molecular flexibility index (Phi) is 29.5. The summed E-state index contributed by atoms with van der Waals surface area (Å²) in [5.41, 5.74) is 14.5. The highest BCUT2D eigenvalue weighted by Gasteiger charge is 2.45. The Morgan fingerprint density at radius 1 is 0.802 bits per heavy atom. The molecule has 1 saturated heterocycles.